The van der Waals surface area contributed by atoms with E-state index in [1.165, 1.54) is 12.1 Å². The van der Waals surface area contributed by atoms with Gasteiger partial charge in [-0.25, -0.2) is 4.39 Å². The van der Waals surface area contributed by atoms with E-state index in [0.717, 1.165) is 5.56 Å². The van der Waals surface area contributed by atoms with E-state index in [9.17, 15) is 9.18 Å². The lowest BCUT2D eigenvalue weighted by atomic mass is 10.0. The Kier molecular flexibility index (Phi) is 5.56. The summed E-state index contributed by atoms with van der Waals surface area (Å²) in [5.74, 6) is -0.364. The van der Waals surface area contributed by atoms with Gasteiger partial charge in [0.1, 0.15) is 11.6 Å². The first-order valence-electron chi connectivity index (χ1n) is 10.1. The first kappa shape index (κ1) is 21.4. The summed E-state index contributed by atoms with van der Waals surface area (Å²) < 4.78 is 27.4. The van der Waals surface area contributed by atoms with E-state index in [1.807, 2.05) is 25.5 Å². The van der Waals surface area contributed by atoms with Crippen LogP contribution in [0.5, 0.6) is 5.75 Å². The first-order chi connectivity index (χ1) is 15.2. The summed E-state index contributed by atoms with van der Waals surface area (Å²) in [6.45, 7) is 3.82. The normalized spacial score (nSPS) is 11.4. The number of nitrogens with zero attached hydrogens (tertiary/aromatic N) is 3. The topological polar surface area (TPSA) is 116 Å². The number of benzene rings is 2. The molecule has 2 aromatic carbocycles. The van der Waals surface area contributed by atoms with Gasteiger partial charge in [-0.1, -0.05) is 5.16 Å². The number of nitrogen functional groups attached to an aromatic ring is 1. The molecule has 0 amide bonds. The van der Waals surface area contributed by atoms with E-state index in [-0.39, 0.29) is 30.7 Å². The molecule has 0 atom stereocenters. The van der Waals surface area contributed by atoms with Crippen molar-refractivity contribution in [2.45, 2.75) is 32.8 Å². The van der Waals surface area contributed by atoms with Crippen LogP contribution in [0.25, 0.3) is 33.7 Å². The van der Waals surface area contributed by atoms with E-state index >= 15 is 0 Å². The van der Waals surface area contributed by atoms with Crippen LogP contribution in [0.15, 0.2) is 41.1 Å². The molecule has 4 rings (SSSR count). The molecule has 2 heterocycles. The minimum absolute atomic E-state index is 0.0146. The van der Waals surface area contributed by atoms with E-state index in [2.05, 4.69) is 10.1 Å². The third-order valence-corrected chi connectivity index (χ3v) is 5.02. The highest BCUT2D eigenvalue weighted by Gasteiger charge is 2.19. The number of aromatic nitrogens is 3. The molecule has 32 heavy (non-hydrogen) atoms. The van der Waals surface area contributed by atoms with Crippen LogP contribution < -0.4 is 10.5 Å². The van der Waals surface area contributed by atoms with Crippen molar-refractivity contribution in [3.05, 3.63) is 47.9 Å². The lowest BCUT2D eigenvalue weighted by Crippen LogP contribution is -2.07. The van der Waals surface area contributed by atoms with Gasteiger partial charge < -0.3 is 24.7 Å². The number of fused-ring (bicyclic) bond motifs is 1. The van der Waals surface area contributed by atoms with Crippen molar-refractivity contribution in [2.24, 2.45) is 7.05 Å². The maximum absolute atomic E-state index is 14.5. The van der Waals surface area contributed by atoms with Gasteiger partial charge in [0.2, 0.25) is 5.82 Å². The number of hydrogen-bond donors (Lipinski definition) is 2. The molecule has 0 saturated heterocycles. The van der Waals surface area contributed by atoms with Crippen molar-refractivity contribution in [3.63, 3.8) is 0 Å². The number of aryl methyl sites for hydroxylation is 2. The number of nitrogens with two attached hydrogens (primary N) is 1. The maximum atomic E-state index is 14.5. The quantitative estimate of drug-likeness (QED) is 0.410. The number of ether oxygens (including phenoxy) is 1. The Labute approximate surface area is 183 Å². The molecule has 3 N–H and O–H groups in total. The third kappa shape index (κ3) is 4.14. The smallest absolute Gasteiger partial charge is 0.303 e. The number of aliphatic carboxylic acids is 1. The van der Waals surface area contributed by atoms with Crippen molar-refractivity contribution >= 4 is 22.6 Å². The Hall–Kier alpha value is -3.88. The monoisotopic (exact) mass is 438 g/mol. The second-order valence-corrected chi connectivity index (χ2v) is 7.85. The Bertz CT molecular complexity index is 1310. The predicted octanol–water partition coefficient (Wildman–Crippen LogP) is 4.42. The van der Waals surface area contributed by atoms with Crippen molar-refractivity contribution in [3.8, 4) is 28.6 Å². The van der Waals surface area contributed by atoms with Gasteiger partial charge in [-0.2, -0.15) is 4.98 Å². The van der Waals surface area contributed by atoms with Crippen LogP contribution in [0.4, 0.5) is 10.1 Å². The molecule has 2 aromatic heterocycles. The molecule has 0 unspecified atom stereocenters. The minimum atomic E-state index is -0.912. The summed E-state index contributed by atoms with van der Waals surface area (Å²) in [6.07, 6.45) is 2.03. The zero-order valence-electron chi connectivity index (χ0n) is 17.9. The number of anilines is 1. The van der Waals surface area contributed by atoms with Gasteiger partial charge in [-0.15, -0.1) is 0 Å². The molecule has 0 saturated carbocycles. The Morgan fingerprint density at radius 1 is 1.31 bits per heavy atom. The lowest BCUT2D eigenvalue weighted by molar-refractivity contribution is -0.136. The second kappa shape index (κ2) is 8.33. The molecule has 8 nitrogen and oxygen atoms in total. The van der Waals surface area contributed by atoms with E-state index in [1.54, 1.807) is 24.4 Å². The van der Waals surface area contributed by atoms with Crippen LogP contribution >= 0.6 is 0 Å². The Balaban J connectivity index is 1.74. The van der Waals surface area contributed by atoms with E-state index in [0.29, 0.717) is 33.5 Å². The lowest BCUT2D eigenvalue weighted by Gasteiger charge is -2.12. The molecule has 0 aliphatic carbocycles. The molecule has 0 bridgehead atoms. The SMILES string of the molecule is CC(C)Oc1ccc(-c2nc(-c3cc(F)cc4c(CCC(=O)O)cn(C)c34)no2)cc1N. The maximum Gasteiger partial charge on any atom is 0.303 e. The van der Waals surface area contributed by atoms with Crippen LogP contribution in [-0.4, -0.2) is 31.9 Å². The average Bonchev–Trinajstić information content (AvgIpc) is 3.32. The Morgan fingerprint density at radius 2 is 2.09 bits per heavy atom. The summed E-state index contributed by atoms with van der Waals surface area (Å²) >= 11 is 0. The highest BCUT2D eigenvalue weighted by Crippen LogP contribution is 2.34. The minimum Gasteiger partial charge on any atom is -0.489 e. The van der Waals surface area contributed by atoms with Gasteiger partial charge >= 0.3 is 5.97 Å². The molecule has 0 fully saturated rings. The van der Waals surface area contributed by atoms with Gasteiger partial charge in [0.15, 0.2) is 0 Å². The van der Waals surface area contributed by atoms with Gasteiger partial charge in [-0.3, -0.25) is 4.79 Å². The number of hydrogen-bond acceptors (Lipinski definition) is 6. The number of halogens is 1. The van der Waals surface area contributed by atoms with Crippen LogP contribution in [0.2, 0.25) is 0 Å². The summed E-state index contributed by atoms with van der Waals surface area (Å²) in [5.41, 5.74) is 9.01. The molecule has 0 radical (unpaired) electrons. The number of carboxylic acids is 1. The van der Waals surface area contributed by atoms with Crippen LogP contribution in [0.3, 0.4) is 0 Å². The zero-order chi connectivity index (χ0) is 23.0. The van der Waals surface area contributed by atoms with Gasteiger partial charge in [0.25, 0.3) is 5.89 Å². The molecule has 0 aliphatic rings. The standard InChI is InChI=1S/C23H23FN4O4/c1-12(2)31-19-6-4-13(8-18(19)25)23-26-22(27-32-23)17-10-15(24)9-16-14(5-7-20(29)30)11-28(3)21(16)17/h4,6,8-12H,5,7,25H2,1-3H3,(H,29,30). The van der Waals surface area contributed by atoms with Crippen LogP contribution in [0, 0.1) is 5.82 Å². The van der Waals surface area contributed by atoms with Crippen LogP contribution in [-0.2, 0) is 18.3 Å². The number of rotatable bonds is 7. The average molecular weight is 438 g/mol. The third-order valence-electron chi connectivity index (χ3n) is 5.02. The first-order valence-corrected chi connectivity index (χ1v) is 10.1. The highest BCUT2D eigenvalue weighted by molar-refractivity contribution is 5.95. The number of carbonyl (C=O) groups is 1. The second-order valence-electron chi connectivity index (χ2n) is 7.85. The largest absolute Gasteiger partial charge is 0.489 e. The molecule has 166 valence electrons. The summed E-state index contributed by atoms with van der Waals surface area (Å²) in [7, 11) is 1.81. The van der Waals surface area contributed by atoms with Gasteiger partial charge in [0.05, 0.1) is 17.3 Å². The van der Waals surface area contributed by atoms with Gasteiger partial charge in [-0.05, 0) is 56.2 Å². The van der Waals surface area contributed by atoms with Crippen molar-refractivity contribution in [1.29, 1.82) is 0 Å². The zero-order valence-corrected chi connectivity index (χ0v) is 17.9. The van der Waals surface area contributed by atoms with Gasteiger partial charge in [0, 0.05) is 36.2 Å². The van der Waals surface area contributed by atoms with E-state index in [4.69, 9.17) is 20.1 Å². The summed E-state index contributed by atoms with van der Waals surface area (Å²) in [4.78, 5) is 15.4. The number of carboxylic acid groups (broad SMARTS) is 1. The summed E-state index contributed by atoms with van der Waals surface area (Å²) in [5, 5.41) is 13.7. The Morgan fingerprint density at radius 3 is 2.78 bits per heavy atom. The highest BCUT2D eigenvalue weighted by atomic mass is 19.1. The predicted molar refractivity (Wildman–Crippen MR) is 118 cm³/mol. The molecule has 0 aliphatic heterocycles. The fourth-order valence-electron chi connectivity index (χ4n) is 3.70. The van der Waals surface area contributed by atoms with Crippen LogP contribution in [0.1, 0.15) is 25.8 Å². The molecule has 4 aromatic rings. The fourth-order valence-corrected chi connectivity index (χ4v) is 3.70. The summed E-state index contributed by atoms with van der Waals surface area (Å²) in [6, 6.07) is 7.92. The molecule has 0 spiro atoms. The van der Waals surface area contributed by atoms with Crippen molar-refractivity contribution in [1.82, 2.24) is 14.7 Å². The van der Waals surface area contributed by atoms with Crippen molar-refractivity contribution in [2.75, 3.05) is 5.73 Å². The molecular weight excluding hydrogens is 415 g/mol. The fraction of sp³-hybridized carbons (Fsp3) is 0.261. The van der Waals surface area contributed by atoms with E-state index < -0.39 is 11.8 Å². The molecular formula is C23H23FN4O4. The molecule has 9 heteroatoms. The van der Waals surface area contributed by atoms with Crippen molar-refractivity contribution < 1.29 is 23.6 Å².